The van der Waals surface area contributed by atoms with E-state index in [1.807, 2.05) is 12.1 Å². The lowest BCUT2D eigenvalue weighted by Crippen LogP contribution is -2.20. The summed E-state index contributed by atoms with van der Waals surface area (Å²) in [6.45, 7) is 0.424. The molecule has 78 valence electrons. The zero-order chi connectivity index (χ0) is 10.8. The second kappa shape index (κ2) is 3.90. The van der Waals surface area contributed by atoms with Gasteiger partial charge in [0.25, 0.3) is 0 Å². The van der Waals surface area contributed by atoms with Gasteiger partial charge in [0.2, 0.25) is 0 Å². The molecular weight excluding hydrogens is 216 g/mol. The third kappa shape index (κ3) is 2.10. The van der Waals surface area contributed by atoms with Gasteiger partial charge in [-0.25, -0.2) is 4.79 Å². The summed E-state index contributed by atoms with van der Waals surface area (Å²) in [6, 6.07) is 7.21. The lowest BCUT2D eigenvalue weighted by atomic mass is 10.1. The first kappa shape index (κ1) is 9.98. The number of carbonyl (C=O) groups is 1. The van der Waals surface area contributed by atoms with Crippen molar-refractivity contribution in [1.29, 1.82) is 0 Å². The largest absolute Gasteiger partial charge is 0.464 e. The highest BCUT2D eigenvalue weighted by molar-refractivity contribution is 6.30. The fourth-order valence-corrected chi connectivity index (χ4v) is 1.57. The average Bonchev–Trinajstić information content (AvgIpc) is 2.68. The number of rotatable bonds is 1. The zero-order valence-electron chi connectivity index (χ0n) is 7.85. The van der Waals surface area contributed by atoms with Gasteiger partial charge in [0.15, 0.2) is 0 Å². The Morgan fingerprint density at radius 1 is 1.40 bits per heavy atom. The van der Waals surface area contributed by atoms with Gasteiger partial charge < -0.3 is 5.11 Å². The first-order valence-corrected chi connectivity index (χ1v) is 4.88. The van der Waals surface area contributed by atoms with Gasteiger partial charge >= 0.3 is 6.09 Å². The number of hydrogen-bond acceptors (Lipinski definition) is 2. The highest BCUT2D eigenvalue weighted by Crippen LogP contribution is 2.16. The minimum atomic E-state index is -1.01. The summed E-state index contributed by atoms with van der Waals surface area (Å²) in [6.07, 6.45) is -0.368. The third-order valence-electron chi connectivity index (χ3n) is 2.20. The predicted molar refractivity (Wildman–Crippen MR) is 57.3 cm³/mol. The molecular formula is C10H9ClN2O2. The summed E-state index contributed by atoms with van der Waals surface area (Å²) in [5.74, 6) is 0. The second-order valence-corrected chi connectivity index (χ2v) is 3.65. The van der Waals surface area contributed by atoms with Gasteiger partial charge in [-0.05, 0) is 17.7 Å². The Morgan fingerprint density at radius 3 is 2.60 bits per heavy atom. The van der Waals surface area contributed by atoms with E-state index in [-0.39, 0.29) is 0 Å². The van der Waals surface area contributed by atoms with Gasteiger partial charge in [0, 0.05) is 11.4 Å². The van der Waals surface area contributed by atoms with Crippen LogP contribution in [0.2, 0.25) is 5.02 Å². The summed E-state index contributed by atoms with van der Waals surface area (Å²) < 4.78 is 0. The monoisotopic (exact) mass is 224 g/mol. The zero-order valence-corrected chi connectivity index (χ0v) is 8.61. The third-order valence-corrected chi connectivity index (χ3v) is 2.45. The molecule has 1 aliphatic rings. The first-order chi connectivity index (χ1) is 7.16. The molecule has 0 saturated carbocycles. The quantitative estimate of drug-likeness (QED) is 0.797. The fourth-order valence-electron chi connectivity index (χ4n) is 1.44. The minimum Gasteiger partial charge on any atom is -0.464 e. The van der Waals surface area contributed by atoms with E-state index in [1.54, 1.807) is 12.1 Å². The molecule has 0 aromatic heterocycles. The molecule has 15 heavy (non-hydrogen) atoms. The SMILES string of the molecule is O=C(O)N1CCC(c2ccc(Cl)cc2)=N1. The Kier molecular flexibility index (Phi) is 2.60. The molecule has 0 aliphatic carbocycles. The maximum atomic E-state index is 10.6. The van der Waals surface area contributed by atoms with Crippen LogP contribution in [0.5, 0.6) is 0 Å². The Balaban J connectivity index is 2.22. The number of carboxylic acid groups (broad SMARTS) is 1. The minimum absolute atomic E-state index is 0.424. The van der Waals surface area contributed by atoms with Crippen molar-refractivity contribution in [3.8, 4) is 0 Å². The smallest absolute Gasteiger partial charge is 0.427 e. The Hall–Kier alpha value is -1.55. The van der Waals surface area contributed by atoms with Crippen molar-refractivity contribution >= 4 is 23.4 Å². The van der Waals surface area contributed by atoms with Crippen LogP contribution in [0.25, 0.3) is 0 Å². The molecule has 1 heterocycles. The van der Waals surface area contributed by atoms with E-state index in [0.717, 1.165) is 16.3 Å². The topological polar surface area (TPSA) is 52.9 Å². The van der Waals surface area contributed by atoms with Crippen LogP contribution in [0.1, 0.15) is 12.0 Å². The van der Waals surface area contributed by atoms with Crippen molar-refractivity contribution < 1.29 is 9.90 Å². The van der Waals surface area contributed by atoms with E-state index in [2.05, 4.69) is 5.10 Å². The standard InChI is InChI=1S/C10H9ClN2O2/c11-8-3-1-7(2-4-8)9-5-6-13(12-9)10(14)15/h1-4H,5-6H2,(H,14,15). The Bertz CT molecular complexity index is 414. The van der Waals surface area contributed by atoms with Crippen LogP contribution >= 0.6 is 11.6 Å². The molecule has 1 N–H and O–H groups in total. The number of nitrogens with zero attached hydrogens (tertiary/aromatic N) is 2. The van der Waals surface area contributed by atoms with Crippen LogP contribution in [0.4, 0.5) is 4.79 Å². The molecule has 0 spiro atoms. The molecule has 1 aromatic carbocycles. The molecule has 1 amide bonds. The van der Waals surface area contributed by atoms with Gasteiger partial charge in [-0.2, -0.15) is 10.1 Å². The van der Waals surface area contributed by atoms with E-state index >= 15 is 0 Å². The number of hydrazone groups is 1. The number of benzene rings is 1. The van der Waals surface area contributed by atoms with E-state index in [0.29, 0.717) is 18.0 Å². The molecule has 0 saturated heterocycles. The highest BCUT2D eigenvalue weighted by Gasteiger charge is 2.20. The van der Waals surface area contributed by atoms with Crippen LogP contribution in [0.15, 0.2) is 29.4 Å². The Labute approximate surface area is 91.8 Å². The predicted octanol–water partition coefficient (Wildman–Crippen LogP) is 2.43. The molecule has 1 aliphatic heterocycles. The first-order valence-electron chi connectivity index (χ1n) is 4.51. The van der Waals surface area contributed by atoms with Crippen LogP contribution < -0.4 is 0 Å². The van der Waals surface area contributed by atoms with Crippen LogP contribution in [-0.2, 0) is 0 Å². The lowest BCUT2D eigenvalue weighted by Gasteiger charge is -2.03. The summed E-state index contributed by atoms with van der Waals surface area (Å²) in [4.78, 5) is 10.6. The van der Waals surface area contributed by atoms with Crippen molar-refractivity contribution in [1.82, 2.24) is 5.01 Å². The maximum Gasteiger partial charge on any atom is 0.427 e. The molecule has 5 heteroatoms. The fraction of sp³-hybridized carbons (Fsp3) is 0.200. The van der Waals surface area contributed by atoms with Crippen LogP contribution in [0.3, 0.4) is 0 Å². The summed E-state index contributed by atoms with van der Waals surface area (Å²) in [7, 11) is 0. The normalized spacial score (nSPS) is 15.3. The molecule has 0 fully saturated rings. The molecule has 4 nitrogen and oxygen atoms in total. The molecule has 0 unspecified atom stereocenters. The van der Waals surface area contributed by atoms with Crippen molar-refractivity contribution in [2.45, 2.75) is 6.42 Å². The van der Waals surface area contributed by atoms with Gasteiger partial charge in [0.05, 0.1) is 12.3 Å². The van der Waals surface area contributed by atoms with Crippen molar-refractivity contribution in [2.75, 3.05) is 6.54 Å². The van der Waals surface area contributed by atoms with Crippen molar-refractivity contribution in [2.24, 2.45) is 5.10 Å². The molecule has 1 aromatic rings. The summed E-state index contributed by atoms with van der Waals surface area (Å²) >= 11 is 5.75. The van der Waals surface area contributed by atoms with E-state index < -0.39 is 6.09 Å². The highest BCUT2D eigenvalue weighted by atomic mass is 35.5. The maximum absolute atomic E-state index is 10.6. The van der Waals surface area contributed by atoms with Gasteiger partial charge in [-0.15, -0.1) is 0 Å². The van der Waals surface area contributed by atoms with E-state index in [1.165, 1.54) is 0 Å². The van der Waals surface area contributed by atoms with Gasteiger partial charge in [-0.1, -0.05) is 23.7 Å². The van der Waals surface area contributed by atoms with Gasteiger partial charge in [0.1, 0.15) is 0 Å². The van der Waals surface area contributed by atoms with E-state index in [9.17, 15) is 4.79 Å². The Morgan fingerprint density at radius 2 is 2.07 bits per heavy atom. The summed E-state index contributed by atoms with van der Waals surface area (Å²) in [5, 5.41) is 14.4. The average molecular weight is 225 g/mol. The molecule has 0 radical (unpaired) electrons. The number of halogens is 1. The lowest BCUT2D eigenvalue weighted by molar-refractivity contribution is 0.152. The molecule has 0 bridgehead atoms. The van der Waals surface area contributed by atoms with Crippen LogP contribution in [0, 0.1) is 0 Å². The molecule has 2 rings (SSSR count). The summed E-state index contributed by atoms with van der Waals surface area (Å²) in [5.41, 5.74) is 1.71. The second-order valence-electron chi connectivity index (χ2n) is 3.21. The van der Waals surface area contributed by atoms with Crippen molar-refractivity contribution in [3.05, 3.63) is 34.9 Å². The van der Waals surface area contributed by atoms with E-state index in [4.69, 9.17) is 16.7 Å². The number of amides is 1. The van der Waals surface area contributed by atoms with Gasteiger partial charge in [-0.3, -0.25) is 0 Å². The van der Waals surface area contributed by atoms with Crippen molar-refractivity contribution in [3.63, 3.8) is 0 Å². The number of hydrogen-bond donors (Lipinski definition) is 1. The van der Waals surface area contributed by atoms with Crippen LogP contribution in [-0.4, -0.2) is 28.5 Å². The molecule has 0 atom stereocenters.